The van der Waals surface area contributed by atoms with E-state index in [4.69, 9.17) is 20.4 Å². The summed E-state index contributed by atoms with van der Waals surface area (Å²) in [4.78, 5) is 0. The minimum absolute atomic E-state index is 0.143. The standard InChI is InChI=1S/C6H13NO3/c7-2-1-3-10-5-6(9)4-8/h2,6-9H,1,3-5H2. The van der Waals surface area contributed by atoms with Gasteiger partial charge in [-0.2, -0.15) is 0 Å². The number of hydrogen-bond donors (Lipinski definition) is 3. The molecule has 0 fully saturated rings. The fourth-order valence-electron chi connectivity index (χ4n) is 0.414. The average Bonchev–Trinajstić information content (AvgIpc) is 1.98. The van der Waals surface area contributed by atoms with Gasteiger partial charge in [-0.3, -0.25) is 0 Å². The first-order valence-electron chi connectivity index (χ1n) is 3.17. The van der Waals surface area contributed by atoms with Crippen LogP contribution in [0.2, 0.25) is 0 Å². The highest BCUT2D eigenvalue weighted by molar-refractivity contribution is 5.52. The third-order valence-electron chi connectivity index (χ3n) is 0.928. The van der Waals surface area contributed by atoms with Gasteiger partial charge in [0.15, 0.2) is 0 Å². The van der Waals surface area contributed by atoms with Gasteiger partial charge in [-0.25, -0.2) is 0 Å². The molecule has 0 aliphatic heterocycles. The van der Waals surface area contributed by atoms with Gasteiger partial charge in [0.25, 0.3) is 0 Å². The van der Waals surface area contributed by atoms with Crippen LogP contribution in [0.1, 0.15) is 6.42 Å². The van der Waals surface area contributed by atoms with Crippen LogP contribution in [-0.4, -0.2) is 42.4 Å². The Morgan fingerprint density at radius 3 is 2.80 bits per heavy atom. The number of nitrogens with one attached hydrogen (secondary N) is 1. The minimum Gasteiger partial charge on any atom is -0.394 e. The van der Waals surface area contributed by atoms with Crippen LogP contribution in [-0.2, 0) is 4.74 Å². The van der Waals surface area contributed by atoms with E-state index in [1.54, 1.807) is 0 Å². The summed E-state index contributed by atoms with van der Waals surface area (Å²) in [6.07, 6.45) is 1.01. The van der Waals surface area contributed by atoms with Crippen molar-refractivity contribution in [3.63, 3.8) is 0 Å². The molecule has 10 heavy (non-hydrogen) atoms. The summed E-state index contributed by atoms with van der Waals surface area (Å²) < 4.78 is 4.87. The van der Waals surface area contributed by atoms with Gasteiger partial charge in [-0.15, -0.1) is 0 Å². The largest absolute Gasteiger partial charge is 0.394 e. The SMILES string of the molecule is N=CCCOCC(O)CO. The molecule has 0 aromatic carbocycles. The van der Waals surface area contributed by atoms with Crippen molar-refractivity contribution in [2.45, 2.75) is 12.5 Å². The Morgan fingerprint density at radius 1 is 1.60 bits per heavy atom. The highest BCUT2D eigenvalue weighted by Gasteiger charge is 1.99. The second-order valence-electron chi connectivity index (χ2n) is 1.90. The van der Waals surface area contributed by atoms with Crippen molar-refractivity contribution in [1.82, 2.24) is 0 Å². The molecule has 0 saturated heterocycles. The fourth-order valence-corrected chi connectivity index (χ4v) is 0.414. The molecule has 0 radical (unpaired) electrons. The molecule has 0 aliphatic rings. The Morgan fingerprint density at radius 2 is 2.30 bits per heavy atom. The molecule has 0 spiro atoms. The van der Waals surface area contributed by atoms with Crippen LogP contribution in [0, 0.1) is 5.41 Å². The maximum Gasteiger partial charge on any atom is 0.100 e. The average molecular weight is 147 g/mol. The molecule has 0 aliphatic carbocycles. The summed E-state index contributed by atoms with van der Waals surface area (Å²) >= 11 is 0. The molecule has 3 N–H and O–H groups in total. The van der Waals surface area contributed by atoms with E-state index in [1.165, 1.54) is 6.21 Å². The van der Waals surface area contributed by atoms with E-state index < -0.39 is 6.10 Å². The molecule has 0 aromatic heterocycles. The van der Waals surface area contributed by atoms with Crippen molar-refractivity contribution in [3.8, 4) is 0 Å². The van der Waals surface area contributed by atoms with Crippen LogP contribution >= 0.6 is 0 Å². The van der Waals surface area contributed by atoms with Crippen LogP contribution in [0.5, 0.6) is 0 Å². The van der Waals surface area contributed by atoms with Gasteiger partial charge in [-0.05, 0) is 6.21 Å². The molecule has 0 aromatic rings. The van der Waals surface area contributed by atoms with Gasteiger partial charge in [0.05, 0.1) is 19.8 Å². The molecule has 0 saturated carbocycles. The third-order valence-corrected chi connectivity index (χ3v) is 0.928. The van der Waals surface area contributed by atoms with E-state index >= 15 is 0 Å². The number of ether oxygens (including phenoxy) is 1. The van der Waals surface area contributed by atoms with E-state index in [2.05, 4.69) is 0 Å². The van der Waals surface area contributed by atoms with Gasteiger partial charge in [0, 0.05) is 6.42 Å². The van der Waals surface area contributed by atoms with Gasteiger partial charge in [0.2, 0.25) is 0 Å². The van der Waals surface area contributed by atoms with Gasteiger partial charge >= 0.3 is 0 Å². The number of aliphatic hydroxyl groups excluding tert-OH is 2. The molecule has 1 unspecified atom stereocenters. The summed E-state index contributed by atoms with van der Waals surface area (Å²) in [5.74, 6) is 0. The van der Waals surface area contributed by atoms with E-state index in [0.717, 1.165) is 0 Å². The zero-order valence-electron chi connectivity index (χ0n) is 5.79. The third kappa shape index (κ3) is 5.68. The second kappa shape index (κ2) is 6.67. The summed E-state index contributed by atoms with van der Waals surface area (Å²) in [7, 11) is 0. The van der Waals surface area contributed by atoms with E-state index in [0.29, 0.717) is 13.0 Å². The Labute approximate surface area is 60.0 Å². The zero-order valence-corrected chi connectivity index (χ0v) is 5.79. The van der Waals surface area contributed by atoms with Crippen LogP contribution in [0.4, 0.5) is 0 Å². The molecule has 0 amide bonds. The molecule has 0 rings (SSSR count). The van der Waals surface area contributed by atoms with Crippen molar-refractivity contribution in [3.05, 3.63) is 0 Å². The minimum atomic E-state index is -0.786. The maximum absolute atomic E-state index is 8.73. The number of aliphatic hydroxyl groups is 2. The summed E-state index contributed by atoms with van der Waals surface area (Å²) in [6.45, 7) is 0.301. The van der Waals surface area contributed by atoms with E-state index in [9.17, 15) is 0 Å². The smallest absolute Gasteiger partial charge is 0.100 e. The molecule has 4 heteroatoms. The monoisotopic (exact) mass is 147 g/mol. The van der Waals surface area contributed by atoms with Crippen molar-refractivity contribution in [2.24, 2.45) is 0 Å². The van der Waals surface area contributed by atoms with Crippen molar-refractivity contribution in [2.75, 3.05) is 19.8 Å². The lowest BCUT2D eigenvalue weighted by Crippen LogP contribution is -2.19. The Balaban J connectivity index is 2.95. The predicted molar refractivity (Wildman–Crippen MR) is 37.3 cm³/mol. The van der Waals surface area contributed by atoms with E-state index in [1.807, 2.05) is 0 Å². The first-order valence-corrected chi connectivity index (χ1v) is 3.17. The molecular weight excluding hydrogens is 134 g/mol. The van der Waals surface area contributed by atoms with Gasteiger partial charge < -0.3 is 20.4 Å². The molecule has 0 bridgehead atoms. The molecule has 1 atom stereocenters. The van der Waals surface area contributed by atoms with Gasteiger partial charge in [-0.1, -0.05) is 0 Å². The molecule has 4 nitrogen and oxygen atoms in total. The Bertz CT molecular complexity index is 87.1. The second-order valence-corrected chi connectivity index (χ2v) is 1.90. The quantitative estimate of drug-likeness (QED) is 0.347. The van der Waals surface area contributed by atoms with Crippen LogP contribution in [0.3, 0.4) is 0 Å². The fraction of sp³-hybridized carbons (Fsp3) is 0.833. The predicted octanol–water partition coefficient (Wildman–Crippen LogP) is -0.604. The van der Waals surface area contributed by atoms with E-state index in [-0.39, 0.29) is 13.2 Å². The maximum atomic E-state index is 8.73. The zero-order chi connectivity index (χ0) is 7.82. The molecule has 60 valence electrons. The van der Waals surface area contributed by atoms with Crippen molar-refractivity contribution in [1.29, 1.82) is 5.41 Å². The first-order chi connectivity index (χ1) is 4.81. The topological polar surface area (TPSA) is 73.5 Å². The van der Waals surface area contributed by atoms with Crippen LogP contribution in [0.15, 0.2) is 0 Å². The Hall–Kier alpha value is -0.450. The lowest BCUT2D eigenvalue weighted by atomic mass is 10.4. The lowest BCUT2D eigenvalue weighted by molar-refractivity contribution is 0.00855. The van der Waals surface area contributed by atoms with Crippen LogP contribution in [0.25, 0.3) is 0 Å². The number of hydrogen-bond acceptors (Lipinski definition) is 4. The number of rotatable bonds is 6. The van der Waals surface area contributed by atoms with Gasteiger partial charge in [0.1, 0.15) is 6.10 Å². The molecular formula is C6H13NO3. The highest BCUT2D eigenvalue weighted by Crippen LogP contribution is 1.84. The Kier molecular flexibility index (Phi) is 6.37. The summed E-state index contributed by atoms with van der Waals surface area (Å²) in [5, 5.41) is 23.7. The summed E-state index contributed by atoms with van der Waals surface area (Å²) in [5.41, 5.74) is 0. The molecule has 0 heterocycles. The highest BCUT2D eigenvalue weighted by atomic mass is 16.5. The first kappa shape index (κ1) is 9.55. The summed E-state index contributed by atoms with van der Waals surface area (Å²) in [6, 6.07) is 0. The van der Waals surface area contributed by atoms with Crippen molar-refractivity contribution >= 4 is 6.21 Å². The lowest BCUT2D eigenvalue weighted by Gasteiger charge is -2.05. The van der Waals surface area contributed by atoms with Crippen molar-refractivity contribution < 1.29 is 14.9 Å². The van der Waals surface area contributed by atoms with Crippen LogP contribution < -0.4 is 0 Å². The normalized spacial score (nSPS) is 13.0.